The molecular formula is C24H21NO. The fourth-order valence-corrected chi connectivity index (χ4v) is 3.41. The second kappa shape index (κ2) is 7.01. The Kier molecular flexibility index (Phi) is 4.40. The molecule has 0 aliphatic carbocycles. The molecule has 1 amide bonds. The van der Waals surface area contributed by atoms with Gasteiger partial charge in [-0.3, -0.25) is 4.79 Å². The first-order valence-electron chi connectivity index (χ1n) is 8.90. The van der Waals surface area contributed by atoms with Crippen LogP contribution in [-0.4, -0.2) is 10.8 Å². The first-order valence-corrected chi connectivity index (χ1v) is 8.90. The van der Waals surface area contributed by atoms with Gasteiger partial charge in [0.2, 0.25) is 0 Å². The smallest absolute Gasteiger partial charge is 0.255 e. The predicted octanol–water partition coefficient (Wildman–Crippen LogP) is 5.08. The molecule has 1 heterocycles. The van der Waals surface area contributed by atoms with E-state index in [1.54, 1.807) is 0 Å². The Bertz CT molecular complexity index is 958. The molecule has 26 heavy (non-hydrogen) atoms. The van der Waals surface area contributed by atoms with Crippen molar-refractivity contribution < 1.29 is 4.79 Å². The molecule has 1 aliphatic rings. The molecule has 0 saturated heterocycles. The molecule has 128 valence electrons. The zero-order valence-corrected chi connectivity index (χ0v) is 14.9. The van der Waals surface area contributed by atoms with E-state index in [9.17, 15) is 4.79 Å². The van der Waals surface area contributed by atoms with Gasteiger partial charge in [0.15, 0.2) is 0 Å². The molecule has 0 unspecified atom stereocenters. The van der Waals surface area contributed by atoms with Crippen LogP contribution in [-0.2, 0) is 17.9 Å². The van der Waals surface area contributed by atoms with Crippen LogP contribution in [0.4, 0.5) is 0 Å². The molecule has 1 aliphatic heterocycles. The van der Waals surface area contributed by atoms with Crippen molar-refractivity contribution >= 4 is 17.6 Å². The Labute approximate surface area is 154 Å². The van der Waals surface area contributed by atoms with Gasteiger partial charge in [-0.15, -0.1) is 0 Å². The van der Waals surface area contributed by atoms with E-state index in [1.807, 2.05) is 59.5 Å². The van der Waals surface area contributed by atoms with Gasteiger partial charge < -0.3 is 4.90 Å². The average molecular weight is 339 g/mol. The summed E-state index contributed by atoms with van der Waals surface area (Å²) in [5.41, 5.74) is 6.38. The molecule has 0 N–H and O–H groups in total. The second-order valence-corrected chi connectivity index (χ2v) is 6.77. The lowest BCUT2D eigenvalue weighted by molar-refractivity contribution is -0.126. The zero-order valence-electron chi connectivity index (χ0n) is 14.9. The van der Waals surface area contributed by atoms with Crippen molar-refractivity contribution in [2.45, 2.75) is 20.0 Å². The normalized spacial score (nSPS) is 13.8. The SMILES string of the molecule is Cc1ccc2c(c1)C=C(c1ccccc1)C(=O)N(Cc1ccccc1)C2. The monoisotopic (exact) mass is 339 g/mol. The van der Waals surface area contributed by atoms with Crippen LogP contribution in [0.25, 0.3) is 11.6 Å². The van der Waals surface area contributed by atoms with Gasteiger partial charge in [0.05, 0.1) is 0 Å². The van der Waals surface area contributed by atoms with Crippen molar-refractivity contribution in [3.8, 4) is 0 Å². The number of rotatable bonds is 3. The number of carbonyl (C=O) groups excluding carboxylic acids is 1. The van der Waals surface area contributed by atoms with E-state index in [2.05, 4.69) is 37.3 Å². The summed E-state index contributed by atoms with van der Waals surface area (Å²) < 4.78 is 0. The quantitative estimate of drug-likeness (QED) is 0.652. The number of nitrogens with zero attached hydrogens (tertiary/aromatic N) is 1. The molecule has 0 radical (unpaired) electrons. The topological polar surface area (TPSA) is 20.3 Å². The Hall–Kier alpha value is -3.13. The number of hydrogen-bond donors (Lipinski definition) is 0. The fourth-order valence-electron chi connectivity index (χ4n) is 3.41. The van der Waals surface area contributed by atoms with Gasteiger partial charge in [0.1, 0.15) is 0 Å². The van der Waals surface area contributed by atoms with Crippen LogP contribution in [0, 0.1) is 6.92 Å². The van der Waals surface area contributed by atoms with E-state index < -0.39 is 0 Å². The Morgan fingerprint density at radius 2 is 1.58 bits per heavy atom. The Morgan fingerprint density at radius 3 is 2.31 bits per heavy atom. The van der Waals surface area contributed by atoms with Crippen molar-refractivity contribution in [3.05, 3.63) is 107 Å². The Balaban J connectivity index is 1.79. The number of aryl methyl sites for hydroxylation is 1. The van der Waals surface area contributed by atoms with Gasteiger partial charge in [-0.25, -0.2) is 0 Å². The lowest BCUT2D eigenvalue weighted by atomic mass is 10.00. The third kappa shape index (κ3) is 3.31. The van der Waals surface area contributed by atoms with E-state index in [1.165, 1.54) is 11.1 Å². The van der Waals surface area contributed by atoms with Gasteiger partial charge in [-0.05, 0) is 35.3 Å². The summed E-state index contributed by atoms with van der Waals surface area (Å²) in [6.45, 7) is 3.32. The minimum absolute atomic E-state index is 0.0777. The number of benzene rings is 3. The summed E-state index contributed by atoms with van der Waals surface area (Å²) >= 11 is 0. The van der Waals surface area contributed by atoms with Crippen LogP contribution in [0.1, 0.15) is 27.8 Å². The zero-order chi connectivity index (χ0) is 17.9. The standard InChI is InChI=1S/C24H21NO/c1-18-12-13-21-17-25(16-19-8-4-2-5-9-19)24(26)23(15-22(21)14-18)20-10-6-3-7-11-20/h2-15H,16-17H2,1H3. The largest absolute Gasteiger partial charge is 0.330 e. The van der Waals surface area contributed by atoms with Gasteiger partial charge in [0, 0.05) is 18.7 Å². The van der Waals surface area contributed by atoms with Crippen LogP contribution in [0.15, 0.2) is 78.9 Å². The molecule has 0 spiro atoms. The third-order valence-corrected chi connectivity index (χ3v) is 4.78. The van der Waals surface area contributed by atoms with Crippen LogP contribution in [0.5, 0.6) is 0 Å². The number of hydrogen-bond acceptors (Lipinski definition) is 1. The maximum Gasteiger partial charge on any atom is 0.255 e. The van der Waals surface area contributed by atoms with Crippen molar-refractivity contribution in [1.82, 2.24) is 4.90 Å². The molecule has 2 nitrogen and oxygen atoms in total. The minimum Gasteiger partial charge on any atom is -0.330 e. The molecule has 0 atom stereocenters. The highest BCUT2D eigenvalue weighted by molar-refractivity contribution is 6.24. The average Bonchev–Trinajstić information content (AvgIpc) is 2.80. The van der Waals surface area contributed by atoms with Crippen molar-refractivity contribution in [3.63, 3.8) is 0 Å². The lowest BCUT2D eigenvalue weighted by Gasteiger charge is -2.23. The Morgan fingerprint density at radius 1 is 0.885 bits per heavy atom. The van der Waals surface area contributed by atoms with Crippen molar-refractivity contribution in [1.29, 1.82) is 0 Å². The number of carbonyl (C=O) groups is 1. The maximum absolute atomic E-state index is 13.4. The van der Waals surface area contributed by atoms with E-state index in [4.69, 9.17) is 0 Å². The second-order valence-electron chi connectivity index (χ2n) is 6.77. The summed E-state index contributed by atoms with van der Waals surface area (Å²) in [5.74, 6) is 0.0777. The fraction of sp³-hybridized carbons (Fsp3) is 0.125. The molecule has 4 rings (SSSR count). The molecule has 0 bridgehead atoms. The molecule has 0 aromatic heterocycles. The lowest BCUT2D eigenvalue weighted by Crippen LogP contribution is -2.29. The number of fused-ring (bicyclic) bond motifs is 1. The van der Waals surface area contributed by atoms with Crippen LogP contribution in [0.2, 0.25) is 0 Å². The molecule has 0 fully saturated rings. The van der Waals surface area contributed by atoms with Crippen molar-refractivity contribution in [2.75, 3.05) is 0 Å². The van der Waals surface area contributed by atoms with Crippen LogP contribution >= 0.6 is 0 Å². The van der Waals surface area contributed by atoms with E-state index >= 15 is 0 Å². The summed E-state index contributed by atoms with van der Waals surface area (Å²) in [5, 5.41) is 0. The molecule has 3 aromatic rings. The maximum atomic E-state index is 13.4. The van der Waals surface area contributed by atoms with Crippen LogP contribution < -0.4 is 0 Å². The number of amides is 1. The highest BCUT2D eigenvalue weighted by Gasteiger charge is 2.24. The first kappa shape index (κ1) is 16.3. The molecule has 0 saturated carbocycles. The molecular weight excluding hydrogens is 318 g/mol. The highest BCUT2D eigenvalue weighted by Crippen LogP contribution is 2.29. The highest BCUT2D eigenvalue weighted by atomic mass is 16.2. The van der Waals surface area contributed by atoms with Gasteiger partial charge in [0.25, 0.3) is 5.91 Å². The summed E-state index contributed by atoms with van der Waals surface area (Å²) in [4.78, 5) is 15.3. The first-order chi connectivity index (χ1) is 12.7. The van der Waals surface area contributed by atoms with Gasteiger partial charge >= 0.3 is 0 Å². The third-order valence-electron chi connectivity index (χ3n) is 4.78. The summed E-state index contributed by atoms with van der Waals surface area (Å²) in [6, 6.07) is 26.5. The molecule has 3 aromatic carbocycles. The summed E-state index contributed by atoms with van der Waals surface area (Å²) in [7, 11) is 0. The minimum atomic E-state index is 0.0777. The van der Waals surface area contributed by atoms with Gasteiger partial charge in [-0.2, -0.15) is 0 Å². The van der Waals surface area contributed by atoms with Crippen molar-refractivity contribution in [2.24, 2.45) is 0 Å². The van der Waals surface area contributed by atoms with E-state index in [0.29, 0.717) is 13.1 Å². The van der Waals surface area contributed by atoms with Crippen LogP contribution in [0.3, 0.4) is 0 Å². The van der Waals surface area contributed by atoms with E-state index in [-0.39, 0.29) is 5.91 Å². The summed E-state index contributed by atoms with van der Waals surface area (Å²) in [6.07, 6.45) is 2.05. The molecule has 2 heteroatoms. The van der Waals surface area contributed by atoms with E-state index in [0.717, 1.165) is 22.3 Å². The van der Waals surface area contributed by atoms with Gasteiger partial charge in [-0.1, -0.05) is 84.4 Å². The predicted molar refractivity (Wildman–Crippen MR) is 106 cm³/mol.